The van der Waals surface area contributed by atoms with Crippen LogP contribution in [0.1, 0.15) is 53.4 Å². The smallest absolute Gasteiger partial charge is 0.191 e. The molecule has 1 heterocycles. The van der Waals surface area contributed by atoms with Crippen LogP contribution in [0.15, 0.2) is 4.99 Å². The molecule has 8 heteroatoms. The largest absolute Gasteiger partial charge is 0.357 e. The zero-order valence-electron chi connectivity index (χ0n) is 17.1. The van der Waals surface area contributed by atoms with Crippen LogP contribution >= 0.6 is 24.0 Å². The number of sulfone groups is 1. The van der Waals surface area contributed by atoms with E-state index in [0.29, 0.717) is 18.4 Å². The summed E-state index contributed by atoms with van der Waals surface area (Å²) in [7, 11) is -2.92. The number of rotatable bonds is 9. The molecule has 0 aromatic rings. The van der Waals surface area contributed by atoms with Crippen LogP contribution < -0.4 is 10.6 Å². The zero-order valence-corrected chi connectivity index (χ0v) is 20.3. The highest BCUT2D eigenvalue weighted by atomic mass is 127. The molecular formula is C18H39IN4O2S. The van der Waals surface area contributed by atoms with Crippen molar-refractivity contribution in [3.05, 3.63) is 0 Å². The van der Waals surface area contributed by atoms with Gasteiger partial charge in [0, 0.05) is 31.4 Å². The third-order valence-corrected chi connectivity index (χ3v) is 5.44. The molecule has 0 aromatic heterocycles. The maximum absolute atomic E-state index is 11.3. The molecule has 0 aromatic carbocycles. The van der Waals surface area contributed by atoms with Gasteiger partial charge < -0.3 is 10.6 Å². The Morgan fingerprint density at radius 3 is 2.54 bits per heavy atom. The third kappa shape index (κ3) is 11.6. The molecule has 156 valence electrons. The number of piperidine rings is 1. The second-order valence-corrected chi connectivity index (χ2v) is 9.98. The first kappa shape index (κ1) is 25.9. The molecule has 0 amide bonds. The number of halogens is 1. The van der Waals surface area contributed by atoms with Gasteiger partial charge >= 0.3 is 0 Å². The van der Waals surface area contributed by atoms with Gasteiger partial charge in [0.15, 0.2) is 5.96 Å². The Labute approximate surface area is 177 Å². The number of nitrogens with one attached hydrogen (secondary N) is 2. The van der Waals surface area contributed by atoms with Gasteiger partial charge in [0.05, 0.1) is 12.3 Å². The van der Waals surface area contributed by atoms with Gasteiger partial charge in [0.1, 0.15) is 9.84 Å². The van der Waals surface area contributed by atoms with Crippen LogP contribution in [0.3, 0.4) is 0 Å². The van der Waals surface area contributed by atoms with E-state index in [1.165, 1.54) is 32.1 Å². The first-order valence-electron chi connectivity index (χ1n) is 9.68. The first-order chi connectivity index (χ1) is 11.7. The van der Waals surface area contributed by atoms with E-state index in [1.807, 2.05) is 13.8 Å². The van der Waals surface area contributed by atoms with E-state index in [2.05, 4.69) is 29.4 Å². The van der Waals surface area contributed by atoms with Crippen molar-refractivity contribution in [2.45, 2.75) is 65.5 Å². The Kier molecular flexibility index (Phi) is 13.1. The fourth-order valence-electron chi connectivity index (χ4n) is 3.19. The van der Waals surface area contributed by atoms with E-state index >= 15 is 0 Å². The Bertz CT molecular complexity index is 511. The van der Waals surface area contributed by atoms with E-state index in [4.69, 9.17) is 4.99 Å². The van der Waals surface area contributed by atoms with Crippen molar-refractivity contribution in [3.63, 3.8) is 0 Å². The minimum atomic E-state index is -2.92. The highest BCUT2D eigenvalue weighted by molar-refractivity contribution is 14.0. The zero-order chi connectivity index (χ0) is 18.9. The van der Waals surface area contributed by atoms with Gasteiger partial charge in [-0.2, -0.15) is 0 Å². The number of nitrogens with zero attached hydrogens (tertiary/aromatic N) is 2. The summed E-state index contributed by atoms with van der Waals surface area (Å²) in [5.74, 6) is 1.66. The number of hydrogen-bond donors (Lipinski definition) is 2. The van der Waals surface area contributed by atoms with E-state index in [9.17, 15) is 8.42 Å². The molecular weight excluding hydrogens is 463 g/mol. The monoisotopic (exact) mass is 502 g/mol. The van der Waals surface area contributed by atoms with E-state index in [0.717, 1.165) is 25.6 Å². The first-order valence-corrected chi connectivity index (χ1v) is 11.7. The maximum atomic E-state index is 11.3. The van der Waals surface area contributed by atoms with E-state index < -0.39 is 9.84 Å². The SMILES string of the molecule is CCNC(=NCC1CCCCN1CC(C)C)NC(C)CCS(C)(=O)=O.I. The fourth-order valence-corrected chi connectivity index (χ4v) is 3.97. The van der Waals surface area contributed by atoms with Crippen LogP contribution in [0.25, 0.3) is 0 Å². The lowest BCUT2D eigenvalue weighted by Gasteiger charge is -2.36. The number of likely N-dealkylation sites (tertiary alicyclic amines) is 1. The lowest BCUT2D eigenvalue weighted by molar-refractivity contribution is 0.137. The summed E-state index contributed by atoms with van der Waals surface area (Å²) < 4.78 is 22.6. The average Bonchev–Trinajstić information content (AvgIpc) is 2.51. The highest BCUT2D eigenvalue weighted by Crippen LogP contribution is 2.18. The molecule has 2 atom stereocenters. The molecule has 0 spiro atoms. The predicted molar refractivity (Wildman–Crippen MR) is 122 cm³/mol. The molecule has 0 bridgehead atoms. The van der Waals surface area contributed by atoms with Crippen LogP contribution in [0, 0.1) is 5.92 Å². The summed E-state index contributed by atoms with van der Waals surface area (Å²) in [4.78, 5) is 7.36. The molecule has 1 rings (SSSR count). The summed E-state index contributed by atoms with van der Waals surface area (Å²) in [5, 5.41) is 6.62. The molecule has 1 fully saturated rings. The Morgan fingerprint density at radius 1 is 1.27 bits per heavy atom. The molecule has 1 aliphatic rings. The van der Waals surface area contributed by atoms with Gasteiger partial charge in [-0.25, -0.2) is 8.42 Å². The summed E-state index contributed by atoms with van der Waals surface area (Å²) in [6.45, 7) is 12.5. The second-order valence-electron chi connectivity index (χ2n) is 7.72. The van der Waals surface area contributed by atoms with Gasteiger partial charge in [-0.15, -0.1) is 24.0 Å². The molecule has 2 unspecified atom stereocenters. The quantitative estimate of drug-likeness (QED) is 0.288. The number of hydrogen-bond acceptors (Lipinski definition) is 4. The summed E-state index contributed by atoms with van der Waals surface area (Å²) in [5.41, 5.74) is 0. The molecule has 26 heavy (non-hydrogen) atoms. The van der Waals surface area contributed by atoms with Crippen molar-refractivity contribution in [1.29, 1.82) is 0 Å². The lowest BCUT2D eigenvalue weighted by atomic mass is 10.0. The predicted octanol–water partition coefficient (Wildman–Crippen LogP) is 2.49. The van der Waals surface area contributed by atoms with E-state index in [-0.39, 0.29) is 35.8 Å². The highest BCUT2D eigenvalue weighted by Gasteiger charge is 2.22. The van der Waals surface area contributed by atoms with Crippen molar-refractivity contribution < 1.29 is 8.42 Å². The van der Waals surface area contributed by atoms with Gasteiger partial charge in [-0.3, -0.25) is 9.89 Å². The summed E-state index contributed by atoms with van der Waals surface area (Å²) in [6.07, 6.45) is 5.65. The van der Waals surface area contributed by atoms with Crippen molar-refractivity contribution >= 4 is 39.8 Å². The fraction of sp³-hybridized carbons (Fsp3) is 0.944. The number of guanidine groups is 1. The molecule has 0 aliphatic carbocycles. The topological polar surface area (TPSA) is 73.8 Å². The second kappa shape index (κ2) is 13.1. The van der Waals surface area contributed by atoms with Gasteiger partial charge in [-0.1, -0.05) is 20.3 Å². The Balaban J connectivity index is 0.00000625. The standard InChI is InChI=1S/C18H38N4O2S.HI/c1-6-19-18(21-16(4)10-12-25(5,23)24)20-13-17-9-7-8-11-22(17)14-15(2)3;/h15-17H,6-14H2,1-5H3,(H2,19,20,21);1H. The minimum absolute atomic E-state index is 0. The molecule has 6 nitrogen and oxygen atoms in total. The van der Waals surface area contributed by atoms with Crippen LogP contribution in [-0.4, -0.2) is 69.5 Å². The van der Waals surface area contributed by atoms with Crippen LogP contribution in [-0.2, 0) is 9.84 Å². The molecule has 1 aliphatic heterocycles. The van der Waals surface area contributed by atoms with Crippen molar-refractivity contribution in [3.8, 4) is 0 Å². The van der Waals surface area contributed by atoms with Crippen LogP contribution in [0.4, 0.5) is 0 Å². The summed E-state index contributed by atoms with van der Waals surface area (Å²) >= 11 is 0. The van der Waals surface area contributed by atoms with Gasteiger partial charge in [0.25, 0.3) is 0 Å². The van der Waals surface area contributed by atoms with E-state index in [1.54, 1.807) is 0 Å². The lowest BCUT2D eigenvalue weighted by Crippen LogP contribution is -2.46. The van der Waals surface area contributed by atoms with Crippen LogP contribution in [0.2, 0.25) is 0 Å². The van der Waals surface area contributed by atoms with Gasteiger partial charge in [-0.05, 0) is 45.6 Å². The molecule has 0 saturated carbocycles. The van der Waals surface area contributed by atoms with Crippen molar-refractivity contribution in [1.82, 2.24) is 15.5 Å². The number of aliphatic imine (C=N–C) groups is 1. The molecule has 2 N–H and O–H groups in total. The van der Waals surface area contributed by atoms with Crippen LogP contribution in [0.5, 0.6) is 0 Å². The minimum Gasteiger partial charge on any atom is -0.357 e. The Morgan fingerprint density at radius 2 is 1.96 bits per heavy atom. The molecule has 0 radical (unpaired) electrons. The Hall–Kier alpha value is -0.0900. The average molecular weight is 503 g/mol. The summed E-state index contributed by atoms with van der Waals surface area (Å²) in [6, 6.07) is 0.587. The molecule has 1 saturated heterocycles. The maximum Gasteiger partial charge on any atom is 0.191 e. The normalized spacial score (nSPS) is 20.5. The van der Waals surface area contributed by atoms with Crippen molar-refractivity contribution in [2.75, 3.05) is 38.2 Å². The van der Waals surface area contributed by atoms with Gasteiger partial charge in [0.2, 0.25) is 0 Å². The third-order valence-electron chi connectivity index (χ3n) is 4.46. The van der Waals surface area contributed by atoms with Crippen molar-refractivity contribution in [2.24, 2.45) is 10.9 Å².